The molecule has 0 unspecified atom stereocenters. The molecular formula is C13H19N7O. The lowest BCUT2D eigenvalue weighted by Gasteiger charge is -2.30. The van der Waals surface area contributed by atoms with Gasteiger partial charge in [0.25, 0.3) is 0 Å². The Morgan fingerprint density at radius 3 is 2.90 bits per heavy atom. The molecule has 1 aliphatic heterocycles. The van der Waals surface area contributed by atoms with E-state index in [9.17, 15) is 5.11 Å². The predicted octanol–water partition coefficient (Wildman–Crippen LogP) is 0.141. The Labute approximate surface area is 122 Å². The highest BCUT2D eigenvalue weighted by Gasteiger charge is 2.18. The Bertz CT molecular complexity index is 551. The fraction of sp³-hybridized carbons (Fsp3) is 0.538. The smallest absolute Gasteiger partial charge is 0.224 e. The van der Waals surface area contributed by atoms with Crippen LogP contribution in [0.25, 0.3) is 0 Å². The van der Waals surface area contributed by atoms with Gasteiger partial charge in [-0.05, 0) is 18.9 Å². The number of aliphatic hydroxyl groups excluding tert-OH is 1. The summed E-state index contributed by atoms with van der Waals surface area (Å²) in [5, 5.41) is 20.4. The van der Waals surface area contributed by atoms with Crippen LogP contribution in [0.2, 0.25) is 0 Å². The van der Waals surface area contributed by atoms with Gasteiger partial charge in [-0.25, -0.2) is 4.98 Å². The molecule has 0 saturated carbocycles. The second-order valence-corrected chi connectivity index (χ2v) is 5.05. The largest absolute Gasteiger partial charge is 0.393 e. The van der Waals surface area contributed by atoms with Crippen molar-refractivity contribution in [2.75, 3.05) is 29.9 Å². The molecule has 1 fully saturated rings. The number of nitrogens with zero attached hydrogens (tertiary/aromatic N) is 6. The van der Waals surface area contributed by atoms with E-state index in [1.54, 1.807) is 17.1 Å². The van der Waals surface area contributed by atoms with E-state index in [2.05, 4.69) is 30.5 Å². The molecule has 0 aliphatic carbocycles. The summed E-state index contributed by atoms with van der Waals surface area (Å²) >= 11 is 0. The number of hydrogen-bond donors (Lipinski definition) is 2. The zero-order chi connectivity index (χ0) is 14.5. The zero-order valence-electron chi connectivity index (χ0n) is 11.8. The summed E-state index contributed by atoms with van der Waals surface area (Å²) in [7, 11) is 0. The van der Waals surface area contributed by atoms with Crippen LogP contribution in [-0.2, 0) is 6.54 Å². The van der Waals surface area contributed by atoms with E-state index in [-0.39, 0.29) is 6.10 Å². The van der Waals surface area contributed by atoms with Gasteiger partial charge in [0.1, 0.15) is 5.82 Å². The van der Waals surface area contributed by atoms with E-state index in [1.807, 2.05) is 12.3 Å². The predicted molar refractivity (Wildman–Crippen MR) is 78.0 cm³/mol. The summed E-state index contributed by atoms with van der Waals surface area (Å²) in [6.07, 6.45) is 6.63. The third-order valence-corrected chi connectivity index (χ3v) is 3.53. The highest BCUT2D eigenvalue weighted by atomic mass is 16.3. The van der Waals surface area contributed by atoms with E-state index in [0.717, 1.165) is 31.7 Å². The van der Waals surface area contributed by atoms with Crippen LogP contribution in [0.1, 0.15) is 12.8 Å². The molecule has 3 heterocycles. The first-order valence-corrected chi connectivity index (χ1v) is 7.15. The van der Waals surface area contributed by atoms with E-state index in [1.165, 1.54) is 0 Å². The van der Waals surface area contributed by atoms with Crippen molar-refractivity contribution in [1.82, 2.24) is 25.0 Å². The fourth-order valence-electron chi connectivity index (χ4n) is 2.34. The molecule has 2 aromatic heterocycles. The second kappa shape index (κ2) is 6.49. The number of anilines is 2. The first-order chi connectivity index (χ1) is 10.3. The normalized spacial score (nSPS) is 16.1. The fourth-order valence-corrected chi connectivity index (χ4v) is 2.34. The Balaban J connectivity index is 1.55. The molecule has 1 saturated heterocycles. The number of aliphatic hydroxyl groups is 1. The summed E-state index contributed by atoms with van der Waals surface area (Å²) in [5.41, 5.74) is 0. The van der Waals surface area contributed by atoms with Crippen molar-refractivity contribution in [2.24, 2.45) is 0 Å². The minimum absolute atomic E-state index is 0.177. The molecule has 0 bridgehead atoms. The first-order valence-electron chi connectivity index (χ1n) is 7.15. The van der Waals surface area contributed by atoms with E-state index < -0.39 is 0 Å². The molecule has 1 aliphatic rings. The highest BCUT2D eigenvalue weighted by Crippen LogP contribution is 2.18. The molecule has 0 amide bonds. The van der Waals surface area contributed by atoms with Crippen molar-refractivity contribution in [3.8, 4) is 0 Å². The number of nitrogens with one attached hydrogen (secondary N) is 1. The molecular weight excluding hydrogens is 270 g/mol. The van der Waals surface area contributed by atoms with Crippen molar-refractivity contribution in [1.29, 1.82) is 0 Å². The average Bonchev–Trinajstić information content (AvgIpc) is 3.02. The van der Waals surface area contributed by atoms with E-state index in [4.69, 9.17) is 0 Å². The number of rotatable bonds is 5. The molecule has 2 N–H and O–H groups in total. The maximum Gasteiger partial charge on any atom is 0.224 e. The van der Waals surface area contributed by atoms with Gasteiger partial charge in [0.15, 0.2) is 0 Å². The van der Waals surface area contributed by atoms with Crippen LogP contribution in [0.15, 0.2) is 24.7 Å². The molecule has 0 aromatic carbocycles. The molecule has 21 heavy (non-hydrogen) atoms. The van der Waals surface area contributed by atoms with E-state index in [0.29, 0.717) is 19.0 Å². The molecule has 3 rings (SSSR count). The van der Waals surface area contributed by atoms with Crippen LogP contribution in [0.4, 0.5) is 11.8 Å². The summed E-state index contributed by atoms with van der Waals surface area (Å²) in [5.74, 6) is 1.51. The summed E-state index contributed by atoms with van der Waals surface area (Å²) in [4.78, 5) is 10.9. The minimum atomic E-state index is -0.177. The zero-order valence-corrected chi connectivity index (χ0v) is 11.8. The van der Waals surface area contributed by atoms with Crippen LogP contribution in [-0.4, -0.2) is 55.8 Å². The first kappa shape index (κ1) is 13.7. The standard InChI is InChI=1S/C13H19N7O/c21-11-2-7-19(8-3-11)12-1-4-14-13(17-12)15-5-9-20-10-6-16-18-20/h1,4,6,10-11,21H,2-3,5,7-9H2,(H,14,15,17). The molecule has 8 heteroatoms. The SMILES string of the molecule is OC1CCN(c2ccnc(NCCn3ccnn3)n2)CC1. The molecule has 0 radical (unpaired) electrons. The van der Waals surface area contributed by atoms with Crippen molar-refractivity contribution in [3.63, 3.8) is 0 Å². The topological polar surface area (TPSA) is 92.0 Å². The maximum atomic E-state index is 9.55. The van der Waals surface area contributed by atoms with Gasteiger partial charge in [0.05, 0.1) is 18.8 Å². The lowest BCUT2D eigenvalue weighted by atomic mass is 10.1. The molecule has 0 atom stereocenters. The third-order valence-electron chi connectivity index (χ3n) is 3.53. The summed E-state index contributed by atoms with van der Waals surface area (Å²) in [6.45, 7) is 3.06. The second-order valence-electron chi connectivity index (χ2n) is 5.05. The average molecular weight is 289 g/mol. The monoisotopic (exact) mass is 289 g/mol. The van der Waals surface area contributed by atoms with Gasteiger partial charge in [0, 0.05) is 32.0 Å². The molecule has 2 aromatic rings. The van der Waals surface area contributed by atoms with Crippen LogP contribution >= 0.6 is 0 Å². The maximum absolute atomic E-state index is 9.55. The van der Waals surface area contributed by atoms with E-state index >= 15 is 0 Å². The summed E-state index contributed by atoms with van der Waals surface area (Å²) in [6, 6.07) is 1.90. The number of hydrogen-bond acceptors (Lipinski definition) is 7. The van der Waals surface area contributed by atoms with Crippen LogP contribution in [0, 0.1) is 0 Å². The van der Waals surface area contributed by atoms with Gasteiger partial charge in [-0.2, -0.15) is 4.98 Å². The van der Waals surface area contributed by atoms with Gasteiger partial charge in [-0.15, -0.1) is 5.10 Å². The van der Waals surface area contributed by atoms with Gasteiger partial charge >= 0.3 is 0 Å². The molecule has 0 spiro atoms. The minimum Gasteiger partial charge on any atom is -0.393 e. The van der Waals surface area contributed by atoms with Gasteiger partial charge in [-0.3, -0.25) is 4.68 Å². The highest BCUT2D eigenvalue weighted by molar-refractivity contribution is 5.42. The van der Waals surface area contributed by atoms with Gasteiger partial charge in [0.2, 0.25) is 5.95 Å². The Morgan fingerprint density at radius 1 is 1.29 bits per heavy atom. The van der Waals surface area contributed by atoms with Crippen molar-refractivity contribution < 1.29 is 5.11 Å². The van der Waals surface area contributed by atoms with Crippen molar-refractivity contribution in [3.05, 3.63) is 24.7 Å². The quantitative estimate of drug-likeness (QED) is 0.809. The third kappa shape index (κ3) is 3.66. The Kier molecular flexibility index (Phi) is 4.25. The lowest BCUT2D eigenvalue weighted by Crippen LogP contribution is -2.36. The van der Waals surface area contributed by atoms with Crippen LogP contribution < -0.4 is 10.2 Å². The summed E-state index contributed by atoms with van der Waals surface area (Å²) < 4.78 is 1.75. The lowest BCUT2D eigenvalue weighted by molar-refractivity contribution is 0.145. The van der Waals surface area contributed by atoms with Gasteiger partial charge in [-0.1, -0.05) is 5.21 Å². The molecule has 112 valence electrons. The van der Waals surface area contributed by atoms with Crippen molar-refractivity contribution >= 4 is 11.8 Å². The Hall–Kier alpha value is -2.22. The van der Waals surface area contributed by atoms with Crippen LogP contribution in [0.3, 0.4) is 0 Å². The number of aromatic nitrogens is 5. The molecule has 8 nitrogen and oxygen atoms in total. The van der Waals surface area contributed by atoms with Crippen molar-refractivity contribution in [2.45, 2.75) is 25.5 Å². The number of piperidine rings is 1. The van der Waals surface area contributed by atoms with Crippen LogP contribution in [0.5, 0.6) is 0 Å². The van der Waals surface area contributed by atoms with Gasteiger partial charge < -0.3 is 15.3 Å². The Morgan fingerprint density at radius 2 is 2.14 bits per heavy atom.